The first-order valence-electron chi connectivity index (χ1n) is 7.18. The summed E-state index contributed by atoms with van der Waals surface area (Å²) in [5.74, 6) is -1.18. The molecule has 20 heavy (non-hydrogen) atoms. The maximum absolute atomic E-state index is 12.2. The van der Waals surface area contributed by atoms with E-state index in [-0.39, 0.29) is 11.8 Å². The van der Waals surface area contributed by atoms with Gasteiger partial charge in [0.1, 0.15) is 6.04 Å². The number of aliphatic carboxylic acids is 1. The zero-order chi connectivity index (χ0) is 14.5. The minimum absolute atomic E-state index is 0.0509. The molecule has 0 heterocycles. The fraction of sp³-hybridized carbons (Fsp3) is 0.500. The molecule has 1 saturated carbocycles. The van der Waals surface area contributed by atoms with Gasteiger partial charge in [0, 0.05) is 5.56 Å². The normalized spacial score (nSPS) is 17.4. The van der Waals surface area contributed by atoms with Crippen LogP contribution in [0.3, 0.4) is 0 Å². The number of nitrogens with one attached hydrogen (secondary N) is 1. The molecule has 1 aromatic carbocycles. The average molecular weight is 275 g/mol. The third-order valence-electron chi connectivity index (χ3n) is 3.95. The molecule has 0 aliphatic heterocycles. The highest BCUT2D eigenvalue weighted by atomic mass is 16.4. The lowest BCUT2D eigenvalue weighted by molar-refractivity contribution is -0.141. The van der Waals surface area contributed by atoms with Gasteiger partial charge in [-0.25, -0.2) is 4.79 Å². The van der Waals surface area contributed by atoms with Gasteiger partial charge in [0.15, 0.2) is 0 Å². The fourth-order valence-corrected chi connectivity index (χ4v) is 2.86. The van der Waals surface area contributed by atoms with E-state index in [1.807, 2.05) is 13.0 Å². The van der Waals surface area contributed by atoms with Crippen LogP contribution >= 0.6 is 0 Å². The predicted molar refractivity (Wildman–Crippen MR) is 76.6 cm³/mol. The van der Waals surface area contributed by atoms with Crippen LogP contribution in [0.5, 0.6) is 0 Å². The van der Waals surface area contributed by atoms with Crippen molar-refractivity contribution < 1.29 is 14.7 Å². The summed E-state index contributed by atoms with van der Waals surface area (Å²) < 4.78 is 0. The van der Waals surface area contributed by atoms with Crippen LogP contribution in [-0.4, -0.2) is 23.0 Å². The molecule has 1 atom stereocenters. The van der Waals surface area contributed by atoms with Gasteiger partial charge in [0.2, 0.25) is 0 Å². The molecule has 1 amide bonds. The topological polar surface area (TPSA) is 66.4 Å². The van der Waals surface area contributed by atoms with Gasteiger partial charge in [0.25, 0.3) is 5.91 Å². The highest BCUT2D eigenvalue weighted by Gasteiger charge is 2.30. The van der Waals surface area contributed by atoms with Crippen molar-refractivity contribution in [3.05, 3.63) is 35.4 Å². The van der Waals surface area contributed by atoms with Gasteiger partial charge in [-0.2, -0.15) is 0 Å². The van der Waals surface area contributed by atoms with Crippen molar-refractivity contribution in [3.63, 3.8) is 0 Å². The van der Waals surface area contributed by atoms with E-state index in [9.17, 15) is 14.7 Å². The fourth-order valence-electron chi connectivity index (χ4n) is 2.86. The van der Waals surface area contributed by atoms with Crippen LogP contribution in [0.2, 0.25) is 0 Å². The van der Waals surface area contributed by atoms with E-state index in [2.05, 4.69) is 5.32 Å². The molecule has 2 N–H and O–H groups in total. The molecule has 0 bridgehead atoms. The molecule has 0 saturated heterocycles. The summed E-state index contributed by atoms with van der Waals surface area (Å²) in [7, 11) is 0. The Balaban J connectivity index is 2.07. The summed E-state index contributed by atoms with van der Waals surface area (Å²) >= 11 is 0. The van der Waals surface area contributed by atoms with Crippen molar-refractivity contribution in [2.45, 2.75) is 45.1 Å². The van der Waals surface area contributed by atoms with Crippen LogP contribution in [0, 0.1) is 12.8 Å². The third-order valence-corrected chi connectivity index (χ3v) is 3.95. The highest BCUT2D eigenvalue weighted by molar-refractivity contribution is 5.96. The molecular formula is C16H21NO3. The van der Waals surface area contributed by atoms with Crippen molar-refractivity contribution in [1.82, 2.24) is 5.32 Å². The average Bonchev–Trinajstić information content (AvgIpc) is 2.45. The lowest BCUT2D eigenvalue weighted by Gasteiger charge is -2.28. The second-order valence-corrected chi connectivity index (χ2v) is 5.56. The Labute approximate surface area is 119 Å². The second kappa shape index (κ2) is 6.55. The monoisotopic (exact) mass is 275 g/mol. The number of carbonyl (C=O) groups is 2. The Hall–Kier alpha value is -1.84. The second-order valence-electron chi connectivity index (χ2n) is 5.56. The molecule has 108 valence electrons. The Morgan fingerprint density at radius 3 is 2.55 bits per heavy atom. The van der Waals surface area contributed by atoms with E-state index >= 15 is 0 Å². The number of carboxylic acid groups (broad SMARTS) is 1. The molecule has 1 unspecified atom stereocenters. The van der Waals surface area contributed by atoms with Gasteiger partial charge >= 0.3 is 5.97 Å². The first-order valence-corrected chi connectivity index (χ1v) is 7.18. The van der Waals surface area contributed by atoms with E-state index in [0.29, 0.717) is 5.56 Å². The number of hydrogen-bond donors (Lipinski definition) is 2. The van der Waals surface area contributed by atoms with E-state index < -0.39 is 12.0 Å². The molecule has 4 heteroatoms. The number of carbonyl (C=O) groups excluding carboxylic acids is 1. The summed E-state index contributed by atoms with van der Waals surface area (Å²) in [4.78, 5) is 23.6. The molecular weight excluding hydrogens is 254 g/mol. The Morgan fingerprint density at radius 1 is 1.25 bits per heavy atom. The van der Waals surface area contributed by atoms with E-state index in [1.54, 1.807) is 18.2 Å². The van der Waals surface area contributed by atoms with E-state index in [1.165, 1.54) is 0 Å². The molecule has 1 fully saturated rings. The van der Waals surface area contributed by atoms with Crippen LogP contribution in [0.1, 0.15) is 48.0 Å². The maximum atomic E-state index is 12.2. The van der Waals surface area contributed by atoms with E-state index in [4.69, 9.17) is 0 Å². The van der Waals surface area contributed by atoms with Crippen molar-refractivity contribution in [2.75, 3.05) is 0 Å². The molecule has 0 spiro atoms. The van der Waals surface area contributed by atoms with Crippen molar-refractivity contribution >= 4 is 11.9 Å². The van der Waals surface area contributed by atoms with Crippen molar-refractivity contribution in [2.24, 2.45) is 5.92 Å². The molecule has 1 aliphatic carbocycles. The van der Waals surface area contributed by atoms with Gasteiger partial charge in [0.05, 0.1) is 0 Å². The zero-order valence-corrected chi connectivity index (χ0v) is 11.8. The number of aryl methyl sites for hydroxylation is 1. The quantitative estimate of drug-likeness (QED) is 0.888. The standard InChI is InChI=1S/C16H21NO3/c1-11-6-5-9-13(10-11)15(18)17-14(16(19)20)12-7-3-2-4-8-12/h5-6,9-10,12,14H,2-4,7-8H2,1H3,(H,17,18)(H,19,20). The first-order chi connectivity index (χ1) is 9.58. The summed E-state index contributed by atoms with van der Waals surface area (Å²) in [6.45, 7) is 1.91. The molecule has 4 nitrogen and oxygen atoms in total. The zero-order valence-electron chi connectivity index (χ0n) is 11.8. The molecule has 1 aromatic rings. The van der Waals surface area contributed by atoms with Crippen molar-refractivity contribution in [3.8, 4) is 0 Å². The summed E-state index contributed by atoms with van der Waals surface area (Å²) in [5.41, 5.74) is 1.51. The Kier molecular flexibility index (Phi) is 4.77. The van der Waals surface area contributed by atoms with Crippen molar-refractivity contribution in [1.29, 1.82) is 0 Å². The number of carboxylic acids is 1. The molecule has 0 radical (unpaired) electrons. The number of amides is 1. The summed E-state index contributed by atoms with van der Waals surface area (Å²) in [6.07, 6.45) is 5.02. The van der Waals surface area contributed by atoms with Gasteiger partial charge in [-0.1, -0.05) is 37.0 Å². The van der Waals surface area contributed by atoms with Gasteiger partial charge in [-0.05, 0) is 37.8 Å². The lowest BCUT2D eigenvalue weighted by Crippen LogP contribution is -2.46. The minimum atomic E-state index is -0.932. The smallest absolute Gasteiger partial charge is 0.326 e. The molecule has 1 aliphatic rings. The van der Waals surface area contributed by atoms with E-state index in [0.717, 1.165) is 37.7 Å². The summed E-state index contributed by atoms with van der Waals surface area (Å²) in [5, 5.41) is 12.1. The molecule has 0 aromatic heterocycles. The van der Waals surface area contributed by atoms with Gasteiger partial charge < -0.3 is 10.4 Å². The SMILES string of the molecule is Cc1cccc(C(=O)NC(C(=O)O)C2CCCCC2)c1. The largest absolute Gasteiger partial charge is 0.480 e. The maximum Gasteiger partial charge on any atom is 0.326 e. The highest BCUT2D eigenvalue weighted by Crippen LogP contribution is 2.26. The van der Waals surface area contributed by atoms with Gasteiger partial charge in [-0.15, -0.1) is 0 Å². The Bertz CT molecular complexity index is 492. The predicted octanol–water partition coefficient (Wildman–Crippen LogP) is 2.76. The van der Waals surface area contributed by atoms with Crippen LogP contribution in [0.25, 0.3) is 0 Å². The third kappa shape index (κ3) is 3.59. The van der Waals surface area contributed by atoms with Crippen LogP contribution in [0.4, 0.5) is 0 Å². The lowest BCUT2D eigenvalue weighted by atomic mass is 9.84. The first kappa shape index (κ1) is 14.6. The molecule has 2 rings (SSSR count). The van der Waals surface area contributed by atoms with Crippen LogP contribution < -0.4 is 5.32 Å². The van der Waals surface area contributed by atoms with Gasteiger partial charge in [-0.3, -0.25) is 4.79 Å². The van der Waals surface area contributed by atoms with Crippen LogP contribution in [-0.2, 0) is 4.79 Å². The minimum Gasteiger partial charge on any atom is -0.480 e. The number of hydrogen-bond acceptors (Lipinski definition) is 2. The number of benzene rings is 1. The summed E-state index contributed by atoms with van der Waals surface area (Å²) in [6, 6.07) is 6.42. The number of rotatable bonds is 4. The van der Waals surface area contributed by atoms with Crippen LogP contribution in [0.15, 0.2) is 24.3 Å². The Morgan fingerprint density at radius 2 is 1.95 bits per heavy atom.